The van der Waals surface area contributed by atoms with Crippen molar-refractivity contribution >= 4 is 45.0 Å². The average Bonchev–Trinajstić information content (AvgIpc) is 2.95. The summed E-state index contributed by atoms with van der Waals surface area (Å²) in [5.41, 5.74) is 1.88. The van der Waals surface area contributed by atoms with Crippen LogP contribution in [0.5, 0.6) is 0 Å². The van der Waals surface area contributed by atoms with Gasteiger partial charge in [0.2, 0.25) is 0 Å². The third-order valence-corrected chi connectivity index (χ3v) is 9.63. The van der Waals surface area contributed by atoms with E-state index < -0.39 is 0 Å². The van der Waals surface area contributed by atoms with Gasteiger partial charge < -0.3 is 21.3 Å². The average molecular weight is 533 g/mol. The molecule has 0 spiro atoms. The van der Waals surface area contributed by atoms with Crippen molar-refractivity contribution in [2.75, 3.05) is 23.7 Å². The fourth-order valence-corrected chi connectivity index (χ4v) is 8.60. The van der Waals surface area contributed by atoms with E-state index >= 15 is 0 Å². The lowest BCUT2D eigenvalue weighted by Crippen LogP contribution is -2.58. The minimum Gasteiger partial charge on any atom is -0.337 e. The zero-order valence-electron chi connectivity index (χ0n) is 22.7. The first-order chi connectivity index (χ1) is 19.5. The third kappa shape index (κ3) is 4.76. The standard InChI is InChI=1S/C34H36N4O2/c39-31(37-29-13-5-9-25-7-1-3-11-27(25)29)35-21-33-16-23-15-24(17-33)19-34(18-23,20-33)22-36-32(40)38-30-14-6-10-26-8-2-4-12-28(26)30/h1-14,23-24H,15-22H2,(H2,35,37,39)(H2,36,38,40). The first-order valence-electron chi connectivity index (χ1n) is 14.5. The number of anilines is 2. The van der Waals surface area contributed by atoms with Crippen LogP contribution in [-0.2, 0) is 0 Å². The predicted octanol–water partition coefficient (Wildman–Crippen LogP) is 7.52. The lowest BCUT2D eigenvalue weighted by atomic mass is 9.44. The maximum Gasteiger partial charge on any atom is 0.319 e. The number of benzene rings is 4. The van der Waals surface area contributed by atoms with Gasteiger partial charge in [-0.25, -0.2) is 9.59 Å². The number of rotatable bonds is 6. The highest BCUT2D eigenvalue weighted by Crippen LogP contribution is 2.64. The van der Waals surface area contributed by atoms with Crippen molar-refractivity contribution in [2.24, 2.45) is 22.7 Å². The molecular formula is C34H36N4O2. The number of carbonyl (C=O) groups excluding carboxylic acids is 2. The van der Waals surface area contributed by atoms with Gasteiger partial charge in [-0.3, -0.25) is 0 Å². The minimum atomic E-state index is -0.145. The van der Waals surface area contributed by atoms with Crippen molar-refractivity contribution in [1.82, 2.24) is 10.6 Å². The molecule has 4 aromatic carbocycles. The Balaban J connectivity index is 0.999. The monoisotopic (exact) mass is 532 g/mol. The Kier molecular flexibility index (Phi) is 6.14. The lowest BCUT2D eigenvalue weighted by Gasteiger charge is -2.62. The number of urea groups is 2. The molecule has 4 N–H and O–H groups in total. The predicted molar refractivity (Wildman–Crippen MR) is 161 cm³/mol. The van der Waals surface area contributed by atoms with Gasteiger partial charge in [-0.2, -0.15) is 0 Å². The van der Waals surface area contributed by atoms with Gasteiger partial charge >= 0.3 is 12.1 Å². The number of carbonyl (C=O) groups is 2. The first kappa shape index (κ1) is 24.9. The number of amides is 4. The summed E-state index contributed by atoms with van der Waals surface area (Å²) in [6.45, 7) is 1.36. The Morgan fingerprint density at radius 1 is 0.600 bits per heavy atom. The molecule has 4 bridgehead atoms. The van der Waals surface area contributed by atoms with Crippen molar-refractivity contribution in [2.45, 2.75) is 38.5 Å². The topological polar surface area (TPSA) is 82.3 Å². The molecule has 8 rings (SSSR count). The molecule has 4 aromatic rings. The molecule has 204 valence electrons. The van der Waals surface area contributed by atoms with E-state index in [0.29, 0.717) is 24.9 Å². The highest BCUT2D eigenvalue weighted by Gasteiger charge is 2.57. The van der Waals surface area contributed by atoms with Gasteiger partial charge in [-0.1, -0.05) is 72.8 Å². The van der Waals surface area contributed by atoms with Crippen LogP contribution in [0.25, 0.3) is 21.5 Å². The van der Waals surface area contributed by atoms with Gasteiger partial charge in [0.15, 0.2) is 0 Å². The summed E-state index contributed by atoms with van der Waals surface area (Å²) < 4.78 is 0. The van der Waals surface area contributed by atoms with E-state index in [0.717, 1.165) is 39.3 Å². The second-order valence-electron chi connectivity index (χ2n) is 12.6. The fourth-order valence-electron chi connectivity index (χ4n) is 8.60. The van der Waals surface area contributed by atoms with Crippen LogP contribution < -0.4 is 21.3 Å². The second kappa shape index (κ2) is 9.84. The largest absolute Gasteiger partial charge is 0.337 e. The van der Waals surface area contributed by atoms with Crippen LogP contribution in [0.4, 0.5) is 21.0 Å². The molecule has 0 heterocycles. The molecular weight excluding hydrogens is 496 g/mol. The molecule has 4 amide bonds. The Morgan fingerprint density at radius 2 is 1.02 bits per heavy atom. The summed E-state index contributed by atoms with van der Waals surface area (Å²) in [5.74, 6) is 1.35. The summed E-state index contributed by atoms with van der Waals surface area (Å²) >= 11 is 0. The number of nitrogens with one attached hydrogen (secondary N) is 4. The van der Waals surface area contributed by atoms with E-state index in [1.54, 1.807) is 0 Å². The Bertz CT molecular complexity index is 1460. The molecule has 40 heavy (non-hydrogen) atoms. The highest BCUT2D eigenvalue weighted by atomic mass is 16.2. The molecule has 0 aliphatic heterocycles. The van der Waals surface area contributed by atoms with Crippen molar-refractivity contribution in [3.05, 3.63) is 84.9 Å². The molecule has 0 unspecified atom stereocenters. The number of hydrogen-bond donors (Lipinski definition) is 4. The maximum absolute atomic E-state index is 13.0. The van der Waals surface area contributed by atoms with Crippen LogP contribution in [-0.4, -0.2) is 25.2 Å². The van der Waals surface area contributed by atoms with Gasteiger partial charge in [0.1, 0.15) is 0 Å². The maximum atomic E-state index is 13.0. The number of fused-ring (bicyclic) bond motifs is 2. The Hall–Kier alpha value is -4.06. The van der Waals surface area contributed by atoms with Crippen LogP contribution >= 0.6 is 0 Å². The SMILES string of the molecule is O=C(NCC12CC3CC(C1)CC(CNC(=O)Nc1cccc4ccccc14)(C3)C2)Nc1cccc2ccccc12. The van der Waals surface area contributed by atoms with Crippen molar-refractivity contribution in [3.63, 3.8) is 0 Å². The van der Waals surface area contributed by atoms with Crippen molar-refractivity contribution < 1.29 is 9.59 Å². The van der Waals surface area contributed by atoms with Gasteiger partial charge in [-0.15, -0.1) is 0 Å². The molecule has 0 aromatic heterocycles. The quantitative estimate of drug-likeness (QED) is 0.207. The first-order valence-corrected chi connectivity index (χ1v) is 14.5. The lowest BCUT2D eigenvalue weighted by molar-refractivity contribution is -0.105. The molecule has 4 aliphatic carbocycles. The minimum absolute atomic E-state index is 0.105. The summed E-state index contributed by atoms with van der Waals surface area (Å²) in [7, 11) is 0. The van der Waals surface area contributed by atoms with Gasteiger partial charge in [-0.05, 0) is 84.1 Å². The molecule has 4 aliphatic rings. The summed E-state index contributed by atoms with van der Waals surface area (Å²) in [6, 6.07) is 27.9. The smallest absolute Gasteiger partial charge is 0.319 e. The molecule has 0 radical (unpaired) electrons. The summed E-state index contributed by atoms with van der Waals surface area (Å²) in [5, 5.41) is 17.0. The molecule has 4 saturated carbocycles. The number of hydrogen-bond acceptors (Lipinski definition) is 2. The van der Waals surface area contributed by atoms with Crippen LogP contribution in [0.1, 0.15) is 38.5 Å². The normalized spacial score (nSPS) is 26.5. The summed E-state index contributed by atoms with van der Waals surface area (Å²) in [6.07, 6.45) is 7.01. The second-order valence-corrected chi connectivity index (χ2v) is 12.6. The van der Waals surface area contributed by atoms with Gasteiger partial charge in [0, 0.05) is 23.9 Å². The zero-order valence-corrected chi connectivity index (χ0v) is 22.7. The summed E-state index contributed by atoms with van der Waals surface area (Å²) in [4.78, 5) is 26.0. The van der Waals surface area contributed by atoms with Crippen molar-refractivity contribution in [1.29, 1.82) is 0 Å². The van der Waals surface area contributed by atoms with Crippen LogP contribution in [0.3, 0.4) is 0 Å². The van der Waals surface area contributed by atoms with E-state index in [4.69, 9.17) is 0 Å². The van der Waals surface area contributed by atoms with E-state index in [1.807, 2.05) is 60.7 Å². The van der Waals surface area contributed by atoms with E-state index in [9.17, 15) is 9.59 Å². The molecule has 4 fully saturated rings. The molecule has 6 nitrogen and oxygen atoms in total. The molecule has 0 atom stereocenters. The van der Waals surface area contributed by atoms with Crippen molar-refractivity contribution in [3.8, 4) is 0 Å². The van der Waals surface area contributed by atoms with E-state index in [1.165, 1.54) is 32.1 Å². The third-order valence-electron chi connectivity index (χ3n) is 9.63. The molecule has 6 heteroatoms. The molecule has 0 saturated heterocycles. The Labute approximate surface area is 234 Å². The van der Waals surface area contributed by atoms with E-state index in [-0.39, 0.29) is 22.9 Å². The Morgan fingerprint density at radius 3 is 1.50 bits per heavy atom. The van der Waals surface area contributed by atoms with E-state index in [2.05, 4.69) is 45.5 Å². The van der Waals surface area contributed by atoms with Crippen LogP contribution in [0, 0.1) is 22.7 Å². The van der Waals surface area contributed by atoms with Crippen LogP contribution in [0.15, 0.2) is 84.9 Å². The zero-order chi connectivity index (χ0) is 27.2. The van der Waals surface area contributed by atoms with Gasteiger partial charge in [0.25, 0.3) is 0 Å². The van der Waals surface area contributed by atoms with Crippen LogP contribution in [0.2, 0.25) is 0 Å². The highest BCUT2D eigenvalue weighted by molar-refractivity contribution is 6.02. The van der Waals surface area contributed by atoms with Gasteiger partial charge in [0.05, 0.1) is 11.4 Å². The fraction of sp³-hybridized carbons (Fsp3) is 0.353.